The molecule has 0 radical (unpaired) electrons. The molecule has 3 saturated carbocycles. The normalized spacial score (nSPS) is 26.6. The zero-order valence-electron chi connectivity index (χ0n) is 23.8. The molecule has 6 heteroatoms. The molecule has 0 N–H and O–H groups in total. The largest absolute Gasteiger partial charge is 0.462 e. The average molecular weight is 507 g/mol. The van der Waals surface area contributed by atoms with Crippen LogP contribution < -0.4 is 0 Å². The van der Waals surface area contributed by atoms with Gasteiger partial charge in [0.25, 0.3) is 0 Å². The highest BCUT2D eigenvalue weighted by atomic mass is 16.6. The Kier molecular flexibility index (Phi) is 9.20. The second-order valence-corrected chi connectivity index (χ2v) is 13.4. The molecule has 0 aliphatic heterocycles. The average Bonchev–Trinajstić information content (AvgIpc) is 3.53. The van der Waals surface area contributed by atoms with Crippen LogP contribution in [0.1, 0.15) is 126 Å². The number of ether oxygens (including phenoxy) is 3. The fraction of sp³-hybridized carbons (Fsp3) is 0.900. The first-order valence-corrected chi connectivity index (χ1v) is 14.4. The molecule has 3 rings (SSSR count). The summed E-state index contributed by atoms with van der Waals surface area (Å²) in [5.41, 5.74) is -1.69. The SMILES string of the molecule is CCC(C)(C)C(=O)OC1CC(C(=O)OC(C)(C)C2CCCC2)CC(C(=O)OC(C)(C)C2CCCC2)C1. The zero-order chi connectivity index (χ0) is 26.7. The molecule has 0 amide bonds. The quantitative estimate of drug-likeness (QED) is 0.253. The highest BCUT2D eigenvalue weighted by Crippen LogP contribution is 2.41. The van der Waals surface area contributed by atoms with Crippen molar-refractivity contribution in [2.75, 3.05) is 0 Å². The molecule has 0 aromatic rings. The lowest BCUT2D eigenvalue weighted by Crippen LogP contribution is -2.44. The van der Waals surface area contributed by atoms with Crippen molar-refractivity contribution in [1.29, 1.82) is 0 Å². The lowest BCUT2D eigenvalue weighted by Gasteiger charge is -2.38. The summed E-state index contributed by atoms with van der Waals surface area (Å²) in [4.78, 5) is 39.7. The van der Waals surface area contributed by atoms with E-state index in [-0.39, 0.29) is 17.9 Å². The van der Waals surface area contributed by atoms with Gasteiger partial charge in [-0.2, -0.15) is 0 Å². The lowest BCUT2D eigenvalue weighted by molar-refractivity contribution is -0.182. The summed E-state index contributed by atoms with van der Waals surface area (Å²) >= 11 is 0. The second kappa shape index (κ2) is 11.4. The topological polar surface area (TPSA) is 78.9 Å². The Hall–Kier alpha value is -1.59. The molecule has 36 heavy (non-hydrogen) atoms. The molecule has 6 nitrogen and oxygen atoms in total. The van der Waals surface area contributed by atoms with Crippen molar-refractivity contribution < 1.29 is 28.6 Å². The van der Waals surface area contributed by atoms with Gasteiger partial charge in [-0.05, 0) is 105 Å². The van der Waals surface area contributed by atoms with E-state index < -0.39 is 34.6 Å². The van der Waals surface area contributed by atoms with Crippen molar-refractivity contribution >= 4 is 17.9 Å². The summed E-state index contributed by atoms with van der Waals surface area (Å²) < 4.78 is 18.1. The van der Waals surface area contributed by atoms with E-state index in [1.165, 1.54) is 25.7 Å². The number of carbonyl (C=O) groups excluding carboxylic acids is 3. The first kappa shape index (κ1) is 29.0. The van der Waals surface area contributed by atoms with Gasteiger partial charge in [0.2, 0.25) is 0 Å². The van der Waals surface area contributed by atoms with E-state index in [4.69, 9.17) is 14.2 Å². The van der Waals surface area contributed by atoms with E-state index in [0.29, 0.717) is 37.5 Å². The van der Waals surface area contributed by atoms with Crippen molar-refractivity contribution in [3.63, 3.8) is 0 Å². The predicted octanol–water partition coefficient (Wildman–Crippen LogP) is 6.77. The zero-order valence-corrected chi connectivity index (χ0v) is 23.8. The molecule has 0 heterocycles. The van der Waals surface area contributed by atoms with Crippen molar-refractivity contribution in [2.45, 2.75) is 143 Å². The van der Waals surface area contributed by atoms with Gasteiger partial charge in [0.15, 0.2) is 0 Å². The van der Waals surface area contributed by atoms with E-state index in [9.17, 15) is 14.4 Å². The van der Waals surface area contributed by atoms with Gasteiger partial charge in [-0.15, -0.1) is 0 Å². The van der Waals surface area contributed by atoms with Gasteiger partial charge < -0.3 is 14.2 Å². The molecule has 3 fully saturated rings. The third kappa shape index (κ3) is 7.04. The number of esters is 3. The molecule has 0 spiro atoms. The molecule has 3 aliphatic rings. The summed E-state index contributed by atoms with van der Waals surface area (Å²) in [6.07, 6.45) is 10.3. The summed E-state index contributed by atoms with van der Waals surface area (Å²) in [5.74, 6) is -1.11. The van der Waals surface area contributed by atoms with E-state index in [0.717, 1.165) is 25.7 Å². The van der Waals surface area contributed by atoms with Crippen molar-refractivity contribution in [3.05, 3.63) is 0 Å². The van der Waals surface area contributed by atoms with Crippen LogP contribution >= 0.6 is 0 Å². The van der Waals surface area contributed by atoms with Crippen LogP contribution in [-0.2, 0) is 28.6 Å². The Morgan fingerprint density at radius 1 is 0.667 bits per heavy atom. The van der Waals surface area contributed by atoms with Crippen molar-refractivity contribution in [3.8, 4) is 0 Å². The fourth-order valence-electron chi connectivity index (χ4n) is 6.30. The molecular weight excluding hydrogens is 456 g/mol. The summed E-state index contributed by atoms with van der Waals surface area (Å²) in [5, 5.41) is 0. The minimum atomic E-state index is -0.613. The molecule has 0 aromatic heterocycles. The maximum atomic E-state index is 13.4. The van der Waals surface area contributed by atoms with Gasteiger partial charge in [0.05, 0.1) is 17.3 Å². The minimum absolute atomic E-state index is 0.282. The summed E-state index contributed by atoms with van der Waals surface area (Å²) in [7, 11) is 0. The van der Waals surface area contributed by atoms with Gasteiger partial charge in [0.1, 0.15) is 17.3 Å². The third-order valence-electron chi connectivity index (χ3n) is 9.44. The van der Waals surface area contributed by atoms with Crippen molar-refractivity contribution in [2.24, 2.45) is 29.1 Å². The van der Waals surface area contributed by atoms with E-state index in [1.54, 1.807) is 0 Å². The Labute approximate surface area is 218 Å². The number of rotatable bonds is 9. The van der Waals surface area contributed by atoms with Crippen LogP contribution in [0.2, 0.25) is 0 Å². The van der Waals surface area contributed by atoms with Crippen LogP contribution in [0, 0.1) is 29.1 Å². The molecule has 0 aromatic carbocycles. The van der Waals surface area contributed by atoms with E-state index in [1.807, 2.05) is 48.5 Å². The fourth-order valence-corrected chi connectivity index (χ4v) is 6.30. The summed E-state index contributed by atoms with van der Waals surface area (Å²) in [6, 6.07) is 0. The van der Waals surface area contributed by atoms with E-state index >= 15 is 0 Å². The van der Waals surface area contributed by atoms with Crippen LogP contribution in [0.4, 0.5) is 0 Å². The Morgan fingerprint density at radius 2 is 1.06 bits per heavy atom. The van der Waals surface area contributed by atoms with Crippen LogP contribution in [0.15, 0.2) is 0 Å². The van der Waals surface area contributed by atoms with Crippen LogP contribution in [-0.4, -0.2) is 35.2 Å². The minimum Gasteiger partial charge on any atom is -0.462 e. The molecule has 0 saturated heterocycles. The highest BCUT2D eigenvalue weighted by molar-refractivity contribution is 5.78. The number of carbonyl (C=O) groups is 3. The van der Waals surface area contributed by atoms with Gasteiger partial charge in [0, 0.05) is 0 Å². The molecule has 2 atom stereocenters. The Bertz CT molecular complexity index is 735. The summed E-state index contributed by atoms with van der Waals surface area (Å²) in [6.45, 7) is 13.7. The van der Waals surface area contributed by atoms with Crippen molar-refractivity contribution in [1.82, 2.24) is 0 Å². The van der Waals surface area contributed by atoms with Gasteiger partial charge >= 0.3 is 17.9 Å². The van der Waals surface area contributed by atoms with E-state index in [2.05, 4.69) is 0 Å². The first-order chi connectivity index (χ1) is 16.7. The second-order valence-electron chi connectivity index (χ2n) is 13.4. The third-order valence-corrected chi connectivity index (χ3v) is 9.44. The monoisotopic (exact) mass is 506 g/mol. The molecule has 2 unspecified atom stereocenters. The maximum absolute atomic E-state index is 13.4. The van der Waals surface area contributed by atoms with Gasteiger partial charge in [-0.3, -0.25) is 14.4 Å². The van der Waals surface area contributed by atoms with Crippen LogP contribution in [0.3, 0.4) is 0 Å². The predicted molar refractivity (Wildman–Crippen MR) is 139 cm³/mol. The lowest BCUT2D eigenvalue weighted by atomic mass is 9.78. The molecular formula is C30H50O6. The highest BCUT2D eigenvalue weighted by Gasteiger charge is 2.45. The standard InChI is InChI=1S/C30H50O6/c1-8-28(2,3)27(33)34-24-18-20(25(31)35-29(4,5)22-13-9-10-14-22)17-21(19-24)26(32)36-30(6,7)23-15-11-12-16-23/h20-24H,8-19H2,1-7H3. The number of hydrogen-bond acceptors (Lipinski definition) is 6. The Morgan fingerprint density at radius 3 is 1.42 bits per heavy atom. The van der Waals surface area contributed by atoms with Gasteiger partial charge in [-0.1, -0.05) is 32.6 Å². The molecule has 206 valence electrons. The Balaban J connectivity index is 1.73. The smallest absolute Gasteiger partial charge is 0.311 e. The molecule has 3 aliphatic carbocycles. The van der Waals surface area contributed by atoms with Gasteiger partial charge in [-0.25, -0.2) is 0 Å². The van der Waals surface area contributed by atoms with Crippen LogP contribution in [0.5, 0.6) is 0 Å². The molecule has 0 bridgehead atoms. The van der Waals surface area contributed by atoms with Crippen LogP contribution in [0.25, 0.3) is 0 Å². The first-order valence-electron chi connectivity index (χ1n) is 14.4. The number of hydrogen-bond donors (Lipinski definition) is 0. The maximum Gasteiger partial charge on any atom is 0.311 e.